The van der Waals surface area contributed by atoms with E-state index in [4.69, 9.17) is 4.74 Å². The van der Waals surface area contributed by atoms with E-state index in [9.17, 15) is 19.5 Å². The van der Waals surface area contributed by atoms with Gasteiger partial charge in [0.1, 0.15) is 11.5 Å². The van der Waals surface area contributed by atoms with Gasteiger partial charge in [-0.15, -0.1) is 0 Å². The molecule has 3 N–H and O–H groups in total. The third-order valence-corrected chi connectivity index (χ3v) is 10.3. The zero-order valence-corrected chi connectivity index (χ0v) is 23.7. The van der Waals surface area contributed by atoms with Gasteiger partial charge in [0.05, 0.1) is 11.7 Å². The summed E-state index contributed by atoms with van der Waals surface area (Å²) in [5.41, 5.74) is 0.772. The van der Waals surface area contributed by atoms with E-state index >= 15 is 0 Å². The van der Waals surface area contributed by atoms with Crippen molar-refractivity contribution in [2.45, 2.75) is 70.8 Å². The minimum atomic E-state index is -1.43. The zero-order valence-electron chi connectivity index (χ0n) is 23.7. The topological polar surface area (TPSA) is 112 Å². The summed E-state index contributed by atoms with van der Waals surface area (Å²) in [7, 11) is 0. The Morgan fingerprint density at radius 2 is 1.88 bits per heavy atom. The number of carbonyl (C=O) groups excluding carboxylic acids is 3. The molecule has 2 aliphatic heterocycles. The largest absolute Gasteiger partial charge is 0.381 e. The number of amides is 1. The van der Waals surface area contributed by atoms with Gasteiger partial charge in [0, 0.05) is 40.9 Å². The summed E-state index contributed by atoms with van der Waals surface area (Å²) in [6.07, 6.45) is 9.34. The molecule has 1 saturated carbocycles. The highest BCUT2D eigenvalue weighted by Crippen LogP contribution is 2.66. The van der Waals surface area contributed by atoms with E-state index < -0.39 is 34.6 Å². The Labute approximate surface area is 234 Å². The number of para-hydroxylation sites is 1. The van der Waals surface area contributed by atoms with Crippen molar-refractivity contribution < 1.29 is 24.2 Å². The molecular weight excluding hydrogens is 504 g/mol. The van der Waals surface area contributed by atoms with Crippen LogP contribution in [0.3, 0.4) is 0 Å². The van der Waals surface area contributed by atoms with Gasteiger partial charge in [-0.05, 0) is 61.5 Å². The lowest BCUT2D eigenvalue weighted by atomic mass is 9.51. The molecule has 7 nitrogen and oxygen atoms in total. The number of ether oxygens (including phenoxy) is 1. The summed E-state index contributed by atoms with van der Waals surface area (Å²) in [6, 6.07) is 7.76. The second kappa shape index (κ2) is 9.38. The van der Waals surface area contributed by atoms with Gasteiger partial charge >= 0.3 is 0 Å². The number of aromatic nitrogens is 1. The monoisotopic (exact) mass is 542 g/mol. The molecule has 2 aromatic rings. The number of aliphatic hydroxyl groups is 1. The number of H-pyrrole nitrogens is 1. The maximum absolute atomic E-state index is 14.4. The number of epoxide rings is 1. The van der Waals surface area contributed by atoms with E-state index in [0.717, 1.165) is 22.5 Å². The van der Waals surface area contributed by atoms with Gasteiger partial charge in [0.25, 0.3) is 0 Å². The number of aromatic amines is 1. The lowest BCUT2D eigenvalue weighted by molar-refractivity contribution is -0.145. The van der Waals surface area contributed by atoms with Crippen molar-refractivity contribution in [3.8, 4) is 0 Å². The third kappa shape index (κ3) is 3.74. The van der Waals surface area contributed by atoms with Crippen LogP contribution in [-0.2, 0) is 19.1 Å². The summed E-state index contributed by atoms with van der Waals surface area (Å²) in [5, 5.41) is 15.0. The average molecular weight is 543 g/mol. The molecule has 4 aliphatic rings. The molecule has 40 heavy (non-hydrogen) atoms. The number of fused-ring (bicyclic) bond motifs is 3. The molecule has 2 aliphatic carbocycles. The van der Waals surface area contributed by atoms with E-state index in [-0.39, 0.29) is 41.7 Å². The summed E-state index contributed by atoms with van der Waals surface area (Å²) >= 11 is 0. The molecule has 6 rings (SSSR count). The van der Waals surface area contributed by atoms with Gasteiger partial charge in [-0.25, -0.2) is 0 Å². The van der Waals surface area contributed by atoms with E-state index in [1.165, 1.54) is 6.08 Å². The molecular formula is C33H38N2O5. The van der Waals surface area contributed by atoms with Crippen LogP contribution in [-0.4, -0.2) is 51.4 Å². The molecule has 0 radical (unpaired) electrons. The van der Waals surface area contributed by atoms with Crippen LogP contribution in [0.1, 0.15) is 52.5 Å². The molecule has 1 aromatic heterocycles. The minimum Gasteiger partial charge on any atom is -0.381 e. The molecule has 0 unspecified atom stereocenters. The maximum atomic E-state index is 14.4. The predicted molar refractivity (Wildman–Crippen MR) is 152 cm³/mol. The summed E-state index contributed by atoms with van der Waals surface area (Å²) in [5.74, 6) is -2.26. The number of rotatable bonds is 2. The number of hydrogen-bond donors (Lipinski definition) is 3. The Hall–Kier alpha value is -3.29. The Balaban J connectivity index is 1.49. The standard InChI is InChI=1S/C33H38N2O5/c1-17-9-8-11-23-30-32(5,40-30)20(4)27-28(19(3)22-16-34-24-12-7-6-10-21(22)24)35-31(39)33(23,27)26(37)14-13-25(36)29(38)18(2)15-17/h6-8,10-17,19-20,23,27-30,34,38H,9H2,1-5H3,(H,35,39)/b11-8+,14-13+,18-15-/t17-,19+,20-,23-,27-,28-,29+,30-,32+,33+/m0/s1. The van der Waals surface area contributed by atoms with E-state index in [1.807, 2.05) is 49.5 Å². The van der Waals surface area contributed by atoms with E-state index in [2.05, 4.69) is 37.1 Å². The van der Waals surface area contributed by atoms with Crippen LogP contribution in [0.5, 0.6) is 0 Å². The number of allylic oxidation sites excluding steroid dienone is 3. The quantitative estimate of drug-likeness (QED) is 0.296. The molecule has 1 amide bonds. The van der Waals surface area contributed by atoms with Gasteiger partial charge in [-0.1, -0.05) is 57.2 Å². The van der Waals surface area contributed by atoms with Crippen LogP contribution in [0.25, 0.3) is 10.9 Å². The fourth-order valence-corrected chi connectivity index (χ4v) is 7.96. The second-order valence-electron chi connectivity index (χ2n) is 12.6. The molecule has 10 atom stereocenters. The SMILES string of the molecule is C/C1=C/[C@@H](C)C/C=C/[C@H]2[C@@H]3O[C@]3(C)[C@@H](C)[C@H]3[C@H]([C@H](C)c4c[nH]c5ccccc45)NC(=O)[C@]32C(=O)/C=C/C(=O)[C@@H]1O. The number of hydrogen-bond acceptors (Lipinski definition) is 5. The predicted octanol–water partition coefficient (Wildman–Crippen LogP) is 4.39. The molecule has 3 heterocycles. The van der Waals surface area contributed by atoms with Crippen molar-refractivity contribution in [2.75, 3.05) is 0 Å². The van der Waals surface area contributed by atoms with Gasteiger partial charge in [0.2, 0.25) is 5.91 Å². The fourth-order valence-electron chi connectivity index (χ4n) is 7.96. The first-order valence-electron chi connectivity index (χ1n) is 14.4. The highest BCUT2D eigenvalue weighted by Gasteiger charge is 2.78. The highest BCUT2D eigenvalue weighted by molar-refractivity contribution is 6.15. The second-order valence-corrected chi connectivity index (χ2v) is 12.6. The fraction of sp³-hybridized carbons (Fsp3) is 0.485. The van der Waals surface area contributed by atoms with Crippen molar-refractivity contribution in [1.82, 2.24) is 10.3 Å². The van der Waals surface area contributed by atoms with Crippen LogP contribution in [0.2, 0.25) is 0 Å². The van der Waals surface area contributed by atoms with Crippen LogP contribution < -0.4 is 5.32 Å². The molecule has 1 aromatic carbocycles. The molecule has 210 valence electrons. The normalized spacial score (nSPS) is 43.1. The van der Waals surface area contributed by atoms with E-state index in [0.29, 0.717) is 12.0 Å². The van der Waals surface area contributed by atoms with Gasteiger partial charge < -0.3 is 20.1 Å². The first kappa shape index (κ1) is 26.9. The average Bonchev–Trinajstić information content (AvgIpc) is 3.30. The highest BCUT2D eigenvalue weighted by atomic mass is 16.6. The van der Waals surface area contributed by atoms with Crippen LogP contribution in [0.4, 0.5) is 0 Å². The number of aliphatic hydroxyl groups excluding tert-OH is 1. The van der Waals surface area contributed by atoms with Crippen molar-refractivity contribution in [2.24, 2.45) is 29.1 Å². The molecule has 0 bridgehead atoms. The van der Waals surface area contributed by atoms with E-state index in [1.54, 1.807) is 6.92 Å². The lowest BCUT2D eigenvalue weighted by Crippen LogP contribution is -2.58. The van der Waals surface area contributed by atoms with Crippen LogP contribution in [0.15, 0.2) is 66.4 Å². The summed E-state index contributed by atoms with van der Waals surface area (Å²) < 4.78 is 6.36. The van der Waals surface area contributed by atoms with Gasteiger partial charge in [-0.2, -0.15) is 0 Å². The minimum absolute atomic E-state index is 0.0620. The van der Waals surface area contributed by atoms with Gasteiger partial charge in [0.15, 0.2) is 11.6 Å². The van der Waals surface area contributed by atoms with Gasteiger partial charge in [-0.3, -0.25) is 14.4 Å². The molecule has 7 heteroatoms. The van der Waals surface area contributed by atoms with Crippen molar-refractivity contribution in [1.29, 1.82) is 0 Å². The van der Waals surface area contributed by atoms with Crippen molar-refractivity contribution in [3.05, 3.63) is 72.0 Å². The lowest BCUT2D eigenvalue weighted by Gasteiger charge is -2.46. The third-order valence-electron chi connectivity index (χ3n) is 10.3. The first-order chi connectivity index (χ1) is 19.0. The number of carbonyl (C=O) groups is 3. The van der Waals surface area contributed by atoms with Crippen molar-refractivity contribution >= 4 is 28.4 Å². The molecule has 2 saturated heterocycles. The Bertz CT molecular complexity index is 1480. The number of nitrogens with one attached hydrogen (secondary N) is 2. The summed E-state index contributed by atoms with van der Waals surface area (Å²) in [6.45, 7) is 10.0. The smallest absolute Gasteiger partial charge is 0.235 e. The maximum Gasteiger partial charge on any atom is 0.235 e. The Morgan fingerprint density at radius 3 is 2.65 bits per heavy atom. The zero-order chi connectivity index (χ0) is 28.6. The van der Waals surface area contributed by atoms with Crippen LogP contribution >= 0.6 is 0 Å². The van der Waals surface area contributed by atoms with Crippen molar-refractivity contribution in [3.63, 3.8) is 0 Å². The van der Waals surface area contributed by atoms with Crippen LogP contribution in [0, 0.1) is 29.1 Å². The molecule has 3 fully saturated rings. The molecule has 1 spiro atoms. The summed E-state index contributed by atoms with van der Waals surface area (Å²) in [4.78, 5) is 44.9. The Kier molecular flexibility index (Phi) is 6.31. The first-order valence-corrected chi connectivity index (χ1v) is 14.4. The number of ketones is 2. The Morgan fingerprint density at radius 1 is 1.12 bits per heavy atom. The number of benzene rings is 1.